The average Bonchev–Trinajstić information content (AvgIpc) is 4.07. The van der Waals surface area contributed by atoms with Crippen LogP contribution >= 0.6 is 24.8 Å². The van der Waals surface area contributed by atoms with Crippen molar-refractivity contribution in [2.75, 3.05) is 54.0 Å². The van der Waals surface area contributed by atoms with Crippen LogP contribution in [0.15, 0.2) is 66.7 Å². The minimum absolute atomic E-state index is 0. The molecule has 13 nitrogen and oxygen atoms in total. The Morgan fingerprint density at radius 2 is 0.708 bits per heavy atom. The highest BCUT2D eigenvalue weighted by Crippen LogP contribution is 2.34. The highest BCUT2D eigenvalue weighted by molar-refractivity contribution is 5.96. The Labute approximate surface area is 392 Å². The molecule has 65 heavy (non-hydrogen) atoms. The molecule has 3 aliphatic heterocycles. The van der Waals surface area contributed by atoms with Crippen molar-refractivity contribution >= 4 is 81.2 Å². The van der Waals surface area contributed by atoms with Gasteiger partial charge in [0.25, 0.3) is 0 Å². The number of nitrogens with zero attached hydrogens (tertiary/aromatic N) is 9. The quantitative estimate of drug-likeness (QED) is 0.132. The molecular formula is C50H58Cl2N12O. The number of halogens is 2. The Hall–Kier alpha value is -6.05. The molecule has 15 heteroatoms. The van der Waals surface area contributed by atoms with Gasteiger partial charge >= 0.3 is 0 Å². The van der Waals surface area contributed by atoms with E-state index in [1.54, 1.807) is 6.92 Å². The van der Waals surface area contributed by atoms with Gasteiger partial charge in [-0.15, -0.1) is 24.8 Å². The van der Waals surface area contributed by atoms with Gasteiger partial charge in [-0.2, -0.15) is 0 Å². The molecule has 338 valence electrons. The van der Waals surface area contributed by atoms with E-state index in [1.807, 2.05) is 45.0 Å². The maximum atomic E-state index is 11.5. The summed E-state index contributed by atoms with van der Waals surface area (Å²) in [6.07, 6.45) is 11.2. The molecule has 0 aliphatic carbocycles. The van der Waals surface area contributed by atoms with Crippen molar-refractivity contribution in [2.45, 2.75) is 85.5 Å². The van der Waals surface area contributed by atoms with Gasteiger partial charge in [-0.3, -0.25) is 4.79 Å². The van der Waals surface area contributed by atoms with Gasteiger partial charge in [0, 0.05) is 61.9 Å². The Kier molecular flexibility index (Phi) is 13.7. The second kappa shape index (κ2) is 19.6. The Morgan fingerprint density at radius 1 is 0.431 bits per heavy atom. The monoisotopic (exact) mass is 912 g/mol. The predicted octanol–water partition coefficient (Wildman–Crippen LogP) is 11.1. The molecule has 3 N–H and O–H groups in total. The fraction of sp³-hybridized carbons (Fsp3) is 0.380. The molecule has 3 fully saturated rings. The van der Waals surface area contributed by atoms with E-state index >= 15 is 0 Å². The molecule has 0 unspecified atom stereocenters. The molecule has 0 saturated carbocycles. The zero-order chi connectivity index (χ0) is 43.0. The van der Waals surface area contributed by atoms with E-state index in [0.717, 1.165) is 147 Å². The van der Waals surface area contributed by atoms with Crippen molar-refractivity contribution in [3.8, 4) is 33.8 Å². The number of aryl methyl sites for hydroxylation is 3. The number of piperidine rings is 3. The SMILES string of the molecule is CC(=O)c1ccc(-c2cc3nc(C)nc(N4CCCCC4)c3[nH]2)cc1.Cc1nc(N2CCCCC2)c2[nH]c(-c3ccc(-c4cc5nc(C)nc(N6CCCCC6)c5[nH]4)cc3)cc2n1.Cl.Cl. The first-order valence-electron chi connectivity index (χ1n) is 22.8. The summed E-state index contributed by atoms with van der Waals surface area (Å²) >= 11 is 0. The zero-order valence-electron chi connectivity index (χ0n) is 37.7. The summed E-state index contributed by atoms with van der Waals surface area (Å²) in [6, 6.07) is 22.8. The maximum Gasteiger partial charge on any atom is 0.159 e. The molecule has 3 aliphatic rings. The van der Waals surface area contributed by atoms with Gasteiger partial charge in [0.05, 0.1) is 16.6 Å². The second-order valence-electron chi connectivity index (χ2n) is 17.5. The summed E-state index contributed by atoms with van der Waals surface area (Å²) in [7, 11) is 0. The Balaban J connectivity index is 0.000000186. The molecular weight excluding hydrogens is 856 g/mol. The number of H-pyrrole nitrogens is 3. The zero-order valence-corrected chi connectivity index (χ0v) is 39.3. The van der Waals surface area contributed by atoms with Gasteiger partial charge in [0.15, 0.2) is 23.2 Å². The summed E-state index contributed by atoms with van der Waals surface area (Å²) in [5.41, 5.74) is 13.1. The first-order chi connectivity index (χ1) is 30.7. The lowest BCUT2D eigenvalue weighted by Crippen LogP contribution is -2.30. The summed E-state index contributed by atoms with van der Waals surface area (Å²) in [4.78, 5) is 57.8. The number of carbonyl (C=O) groups excluding carboxylic acids is 1. The van der Waals surface area contributed by atoms with Gasteiger partial charge in [-0.1, -0.05) is 48.5 Å². The van der Waals surface area contributed by atoms with Gasteiger partial charge in [0.1, 0.15) is 34.0 Å². The van der Waals surface area contributed by atoms with Gasteiger partial charge in [-0.05, 0) is 120 Å². The lowest BCUT2D eigenvalue weighted by atomic mass is 10.1. The first kappa shape index (κ1) is 45.5. The summed E-state index contributed by atoms with van der Waals surface area (Å²) < 4.78 is 0. The van der Waals surface area contributed by atoms with Gasteiger partial charge in [-0.25, -0.2) is 29.9 Å². The third kappa shape index (κ3) is 9.53. The van der Waals surface area contributed by atoms with Crippen LogP contribution in [0.1, 0.15) is 92.5 Å². The number of benzene rings is 2. The highest BCUT2D eigenvalue weighted by Gasteiger charge is 2.22. The topological polar surface area (TPSA) is 152 Å². The number of fused-ring (bicyclic) bond motifs is 3. The number of anilines is 3. The Morgan fingerprint density at radius 3 is 0.985 bits per heavy atom. The molecule has 6 aromatic heterocycles. The van der Waals surface area contributed by atoms with Crippen LogP contribution in [0.4, 0.5) is 17.5 Å². The molecule has 9 heterocycles. The van der Waals surface area contributed by atoms with Crippen LogP contribution in [0, 0.1) is 20.8 Å². The highest BCUT2D eigenvalue weighted by atomic mass is 35.5. The number of Topliss-reactive ketones (excluding diaryl/α,β-unsaturated/α-hetero) is 1. The average molecular weight is 914 g/mol. The van der Waals surface area contributed by atoms with E-state index < -0.39 is 0 Å². The van der Waals surface area contributed by atoms with Crippen LogP contribution in [-0.4, -0.2) is 89.9 Å². The lowest BCUT2D eigenvalue weighted by Gasteiger charge is -2.28. The van der Waals surface area contributed by atoms with Crippen LogP contribution in [-0.2, 0) is 0 Å². The molecule has 0 spiro atoms. The number of carbonyl (C=O) groups is 1. The van der Waals surface area contributed by atoms with Crippen LogP contribution in [0.5, 0.6) is 0 Å². The minimum atomic E-state index is 0. The fourth-order valence-electron chi connectivity index (χ4n) is 9.52. The van der Waals surface area contributed by atoms with Crippen molar-refractivity contribution < 1.29 is 4.79 Å². The molecule has 3 saturated heterocycles. The number of aromatic amines is 3. The van der Waals surface area contributed by atoms with Crippen LogP contribution < -0.4 is 14.7 Å². The normalized spacial score (nSPS) is 15.4. The van der Waals surface area contributed by atoms with E-state index in [0.29, 0.717) is 0 Å². The number of nitrogens with one attached hydrogen (secondary N) is 3. The molecule has 0 amide bonds. The van der Waals surface area contributed by atoms with E-state index in [1.165, 1.54) is 57.8 Å². The lowest BCUT2D eigenvalue weighted by molar-refractivity contribution is 0.101. The molecule has 8 aromatic rings. The van der Waals surface area contributed by atoms with Crippen LogP contribution in [0.2, 0.25) is 0 Å². The standard InChI is InChI=1S/C30H34N8.C20H22N4O.2ClH/c1-19-31-25-17-23(35-27(25)29(33-19)37-13-5-3-6-14-37)21-9-11-22(12-10-21)24-18-26-28(36-24)30(34-20(2)32-26)38-15-7-4-8-16-38;1-13(25)15-6-8-16(9-7-15)17-12-18-19(23-17)20(22-14(2)21-18)24-10-4-3-5-11-24;;/h9-12,17-18,35-36H,3-8,13-16H2,1-2H3;6-9,12,23H,3-5,10-11H2,1-2H3;2*1H. The minimum Gasteiger partial charge on any atom is -0.355 e. The fourth-order valence-corrected chi connectivity index (χ4v) is 9.52. The van der Waals surface area contributed by atoms with E-state index in [2.05, 4.69) is 77.1 Å². The van der Waals surface area contributed by atoms with Crippen LogP contribution in [0.3, 0.4) is 0 Å². The number of ketones is 1. The Bertz CT molecular complexity index is 2800. The summed E-state index contributed by atoms with van der Waals surface area (Å²) in [6.45, 7) is 13.8. The van der Waals surface area contributed by atoms with Gasteiger partial charge in [0.2, 0.25) is 0 Å². The molecule has 0 radical (unpaired) electrons. The van der Waals surface area contributed by atoms with Crippen molar-refractivity contribution in [3.63, 3.8) is 0 Å². The predicted molar refractivity (Wildman–Crippen MR) is 268 cm³/mol. The van der Waals surface area contributed by atoms with Gasteiger partial charge < -0.3 is 29.7 Å². The van der Waals surface area contributed by atoms with E-state index in [9.17, 15) is 4.79 Å². The number of aromatic nitrogens is 9. The smallest absolute Gasteiger partial charge is 0.159 e. The number of hydrogen-bond donors (Lipinski definition) is 3. The summed E-state index contributed by atoms with van der Waals surface area (Å²) in [5, 5.41) is 0. The van der Waals surface area contributed by atoms with Crippen molar-refractivity contribution in [1.29, 1.82) is 0 Å². The molecule has 2 aromatic carbocycles. The summed E-state index contributed by atoms with van der Waals surface area (Å²) in [5.74, 6) is 5.60. The number of hydrogen-bond acceptors (Lipinski definition) is 10. The van der Waals surface area contributed by atoms with Crippen molar-refractivity contribution in [3.05, 3.63) is 89.8 Å². The third-order valence-electron chi connectivity index (χ3n) is 12.8. The van der Waals surface area contributed by atoms with Crippen molar-refractivity contribution in [1.82, 2.24) is 44.9 Å². The van der Waals surface area contributed by atoms with Crippen molar-refractivity contribution in [2.24, 2.45) is 0 Å². The molecule has 11 rings (SSSR count). The first-order valence-corrected chi connectivity index (χ1v) is 22.8. The molecule has 0 atom stereocenters. The maximum absolute atomic E-state index is 11.5. The molecule has 0 bridgehead atoms. The van der Waals surface area contributed by atoms with E-state index in [-0.39, 0.29) is 30.6 Å². The van der Waals surface area contributed by atoms with Crippen LogP contribution in [0.25, 0.3) is 66.9 Å². The second-order valence-corrected chi connectivity index (χ2v) is 17.5. The third-order valence-corrected chi connectivity index (χ3v) is 12.8. The van der Waals surface area contributed by atoms with E-state index in [4.69, 9.17) is 24.9 Å². The number of rotatable bonds is 7. The largest absolute Gasteiger partial charge is 0.355 e.